The molecule has 2 rings (SSSR count). The van der Waals surface area contributed by atoms with E-state index in [1.54, 1.807) is 22.9 Å². The van der Waals surface area contributed by atoms with Gasteiger partial charge in [-0.15, -0.1) is 0 Å². The zero-order valence-electron chi connectivity index (χ0n) is 11.8. The van der Waals surface area contributed by atoms with Crippen LogP contribution in [-0.2, 0) is 6.54 Å². The average molecular weight is 274 g/mol. The minimum Gasteiger partial charge on any atom is -0.508 e. The van der Waals surface area contributed by atoms with Crippen LogP contribution in [0.3, 0.4) is 0 Å². The summed E-state index contributed by atoms with van der Waals surface area (Å²) >= 11 is 0. The number of hydrogen-bond acceptors (Lipinski definition) is 4. The molecule has 0 saturated carbocycles. The summed E-state index contributed by atoms with van der Waals surface area (Å²) in [6.45, 7) is 6.51. The summed E-state index contributed by atoms with van der Waals surface area (Å²) in [6.07, 6.45) is 3.18. The standard InChI is InChI=1S/C15H18N2O3/c1-10(2)9-17-5-4-16-14(15(17)19)20-13-7-11(3)6-12(18)8-13/h4-8,10,18H,9H2,1-3H3. The second-order valence-electron chi connectivity index (χ2n) is 5.19. The van der Waals surface area contributed by atoms with E-state index in [2.05, 4.69) is 4.98 Å². The minimum absolute atomic E-state index is 0.0122. The fourth-order valence-electron chi connectivity index (χ4n) is 1.93. The molecular weight excluding hydrogens is 256 g/mol. The van der Waals surface area contributed by atoms with Crippen LogP contribution in [-0.4, -0.2) is 14.7 Å². The quantitative estimate of drug-likeness (QED) is 0.931. The van der Waals surface area contributed by atoms with E-state index < -0.39 is 0 Å². The monoisotopic (exact) mass is 274 g/mol. The van der Waals surface area contributed by atoms with Gasteiger partial charge in [-0.25, -0.2) is 4.98 Å². The van der Waals surface area contributed by atoms with Gasteiger partial charge in [0.15, 0.2) is 0 Å². The second-order valence-corrected chi connectivity index (χ2v) is 5.19. The third kappa shape index (κ3) is 3.38. The molecule has 0 amide bonds. The lowest BCUT2D eigenvalue weighted by atomic mass is 10.2. The van der Waals surface area contributed by atoms with E-state index in [0.717, 1.165) is 5.56 Å². The maximum Gasteiger partial charge on any atom is 0.313 e. The zero-order chi connectivity index (χ0) is 14.7. The van der Waals surface area contributed by atoms with E-state index >= 15 is 0 Å². The molecule has 0 atom stereocenters. The minimum atomic E-state index is -0.276. The van der Waals surface area contributed by atoms with Gasteiger partial charge in [0.05, 0.1) is 0 Å². The molecule has 0 unspecified atom stereocenters. The molecule has 20 heavy (non-hydrogen) atoms. The van der Waals surface area contributed by atoms with Crippen molar-refractivity contribution in [2.24, 2.45) is 5.92 Å². The van der Waals surface area contributed by atoms with Crippen molar-refractivity contribution < 1.29 is 9.84 Å². The number of aromatic hydroxyl groups is 1. The van der Waals surface area contributed by atoms with Gasteiger partial charge < -0.3 is 14.4 Å². The molecule has 0 radical (unpaired) electrons. The number of phenols is 1. The fourth-order valence-corrected chi connectivity index (χ4v) is 1.93. The SMILES string of the molecule is Cc1cc(O)cc(Oc2nccn(CC(C)C)c2=O)c1. The van der Waals surface area contributed by atoms with Gasteiger partial charge in [-0.05, 0) is 30.5 Å². The molecule has 106 valence electrons. The van der Waals surface area contributed by atoms with Crippen LogP contribution < -0.4 is 10.3 Å². The van der Waals surface area contributed by atoms with Crippen molar-refractivity contribution in [3.63, 3.8) is 0 Å². The molecule has 0 spiro atoms. The van der Waals surface area contributed by atoms with Crippen molar-refractivity contribution in [2.75, 3.05) is 0 Å². The third-order valence-corrected chi connectivity index (χ3v) is 2.69. The molecule has 1 N–H and O–H groups in total. The molecule has 0 aliphatic rings. The van der Waals surface area contributed by atoms with Crippen molar-refractivity contribution in [2.45, 2.75) is 27.3 Å². The number of rotatable bonds is 4. The van der Waals surface area contributed by atoms with Gasteiger partial charge in [0.25, 0.3) is 5.88 Å². The number of aromatic nitrogens is 2. The maximum atomic E-state index is 12.2. The molecule has 2 aromatic rings. The molecular formula is C15H18N2O3. The number of ether oxygens (including phenoxy) is 1. The average Bonchev–Trinajstić information content (AvgIpc) is 2.32. The molecule has 1 heterocycles. The van der Waals surface area contributed by atoms with E-state index in [-0.39, 0.29) is 17.2 Å². The van der Waals surface area contributed by atoms with Gasteiger partial charge in [-0.2, -0.15) is 0 Å². The van der Waals surface area contributed by atoms with Crippen LogP contribution in [0, 0.1) is 12.8 Å². The first-order chi connectivity index (χ1) is 9.45. The molecule has 0 aliphatic carbocycles. The number of benzene rings is 1. The lowest BCUT2D eigenvalue weighted by Crippen LogP contribution is -2.23. The van der Waals surface area contributed by atoms with Crippen molar-refractivity contribution in [1.29, 1.82) is 0 Å². The van der Waals surface area contributed by atoms with Crippen LogP contribution in [0.1, 0.15) is 19.4 Å². The Morgan fingerprint density at radius 2 is 2.10 bits per heavy atom. The summed E-state index contributed by atoms with van der Waals surface area (Å²) in [4.78, 5) is 16.2. The normalized spacial score (nSPS) is 10.8. The van der Waals surface area contributed by atoms with Crippen LogP contribution in [0.5, 0.6) is 17.4 Å². The highest BCUT2D eigenvalue weighted by molar-refractivity contribution is 5.38. The Hall–Kier alpha value is -2.30. The van der Waals surface area contributed by atoms with Gasteiger partial charge in [0.1, 0.15) is 11.5 Å². The van der Waals surface area contributed by atoms with E-state index in [9.17, 15) is 9.90 Å². The Bertz CT molecular complexity index is 642. The molecule has 1 aromatic heterocycles. The largest absolute Gasteiger partial charge is 0.508 e. The van der Waals surface area contributed by atoms with Gasteiger partial charge in [-0.3, -0.25) is 4.79 Å². The van der Waals surface area contributed by atoms with Crippen LogP contribution >= 0.6 is 0 Å². The maximum absolute atomic E-state index is 12.2. The molecule has 5 heteroatoms. The molecule has 1 aromatic carbocycles. The van der Waals surface area contributed by atoms with E-state index in [0.29, 0.717) is 18.2 Å². The van der Waals surface area contributed by atoms with Crippen molar-refractivity contribution >= 4 is 0 Å². The lowest BCUT2D eigenvalue weighted by Gasteiger charge is -2.10. The first kappa shape index (κ1) is 14.1. The predicted molar refractivity (Wildman–Crippen MR) is 76.3 cm³/mol. The van der Waals surface area contributed by atoms with Gasteiger partial charge in [-0.1, -0.05) is 13.8 Å². The summed E-state index contributed by atoms with van der Waals surface area (Å²) < 4.78 is 7.06. The van der Waals surface area contributed by atoms with Crippen molar-refractivity contribution in [1.82, 2.24) is 9.55 Å². The number of hydrogen-bond donors (Lipinski definition) is 1. The molecule has 0 saturated heterocycles. The highest BCUT2D eigenvalue weighted by Crippen LogP contribution is 2.23. The van der Waals surface area contributed by atoms with Crippen LogP contribution in [0.15, 0.2) is 35.4 Å². The lowest BCUT2D eigenvalue weighted by molar-refractivity contribution is 0.425. The molecule has 5 nitrogen and oxygen atoms in total. The highest BCUT2D eigenvalue weighted by Gasteiger charge is 2.09. The highest BCUT2D eigenvalue weighted by atomic mass is 16.5. The Morgan fingerprint density at radius 3 is 2.75 bits per heavy atom. The van der Waals surface area contributed by atoms with Crippen molar-refractivity contribution in [3.8, 4) is 17.4 Å². The smallest absolute Gasteiger partial charge is 0.313 e. The van der Waals surface area contributed by atoms with Crippen LogP contribution in [0.4, 0.5) is 0 Å². The molecule has 0 bridgehead atoms. The predicted octanol–water partition coefficient (Wildman–Crippen LogP) is 2.71. The molecule has 0 fully saturated rings. The van der Waals surface area contributed by atoms with Crippen LogP contribution in [0.25, 0.3) is 0 Å². The second kappa shape index (κ2) is 5.77. The summed E-state index contributed by atoms with van der Waals surface area (Å²) in [5.74, 6) is 0.858. The Morgan fingerprint density at radius 1 is 1.35 bits per heavy atom. The Labute approximate surface area is 117 Å². The Balaban J connectivity index is 2.32. The summed E-state index contributed by atoms with van der Waals surface area (Å²) in [7, 11) is 0. The third-order valence-electron chi connectivity index (χ3n) is 2.69. The summed E-state index contributed by atoms with van der Waals surface area (Å²) in [5, 5.41) is 9.53. The first-order valence-electron chi connectivity index (χ1n) is 6.49. The van der Waals surface area contributed by atoms with E-state index in [1.165, 1.54) is 12.3 Å². The van der Waals surface area contributed by atoms with E-state index in [4.69, 9.17) is 4.74 Å². The van der Waals surface area contributed by atoms with Gasteiger partial charge >= 0.3 is 5.56 Å². The van der Waals surface area contributed by atoms with Crippen molar-refractivity contribution in [3.05, 3.63) is 46.5 Å². The van der Waals surface area contributed by atoms with Gasteiger partial charge in [0.2, 0.25) is 0 Å². The molecule has 0 aliphatic heterocycles. The van der Waals surface area contributed by atoms with Gasteiger partial charge in [0, 0.05) is 25.0 Å². The topological polar surface area (TPSA) is 64.3 Å². The number of phenolic OH excluding ortho intramolecular Hbond substituents is 1. The Kier molecular flexibility index (Phi) is 4.08. The number of aryl methyl sites for hydroxylation is 1. The number of nitrogens with zero attached hydrogens (tertiary/aromatic N) is 2. The summed E-state index contributed by atoms with van der Waals surface area (Å²) in [6, 6.07) is 4.80. The fraction of sp³-hybridized carbons (Fsp3) is 0.333. The van der Waals surface area contributed by atoms with Crippen LogP contribution in [0.2, 0.25) is 0 Å². The van der Waals surface area contributed by atoms with E-state index in [1.807, 2.05) is 20.8 Å². The first-order valence-corrected chi connectivity index (χ1v) is 6.49. The summed E-state index contributed by atoms with van der Waals surface area (Å²) in [5.41, 5.74) is 0.570. The zero-order valence-corrected chi connectivity index (χ0v) is 11.8.